The number of nitrogens with zero attached hydrogens (tertiary/aromatic N) is 1. The van der Waals surface area contributed by atoms with Crippen LogP contribution in [-0.4, -0.2) is 49.5 Å². The van der Waals surface area contributed by atoms with Crippen LogP contribution in [0.1, 0.15) is 5.56 Å². The van der Waals surface area contributed by atoms with E-state index in [9.17, 15) is 5.11 Å². The average molecular weight is 252 g/mol. The predicted molar refractivity (Wildman–Crippen MR) is 69.5 cm³/mol. The smallest absolute Gasteiger partial charge is 0.121 e. The molecule has 1 aliphatic rings. The number of nitrogen functional groups attached to an aromatic ring is 1. The van der Waals surface area contributed by atoms with Crippen LogP contribution in [0.5, 0.6) is 5.75 Å². The van der Waals surface area contributed by atoms with Crippen LogP contribution in [0.25, 0.3) is 0 Å². The predicted octanol–water partition coefficient (Wildman–Crippen LogP) is 0.470. The zero-order valence-electron chi connectivity index (χ0n) is 10.6. The Hall–Kier alpha value is -1.30. The Balaban J connectivity index is 2.09. The number of anilines is 1. The molecule has 1 atom stereocenters. The number of nitrogens with two attached hydrogens (primary N) is 1. The number of ether oxygens (including phenoxy) is 2. The molecule has 0 aromatic heterocycles. The van der Waals surface area contributed by atoms with E-state index in [-0.39, 0.29) is 12.6 Å². The summed E-state index contributed by atoms with van der Waals surface area (Å²) in [5.74, 6) is 0.763. The summed E-state index contributed by atoms with van der Waals surface area (Å²) in [6.07, 6.45) is 0. The van der Waals surface area contributed by atoms with E-state index < -0.39 is 0 Å². The van der Waals surface area contributed by atoms with Crippen LogP contribution >= 0.6 is 0 Å². The van der Waals surface area contributed by atoms with Crippen LogP contribution in [0, 0.1) is 0 Å². The molecular formula is C13H20N2O3. The lowest BCUT2D eigenvalue weighted by molar-refractivity contribution is -0.0312. The molecule has 1 saturated heterocycles. The Labute approximate surface area is 107 Å². The van der Waals surface area contributed by atoms with Crippen molar-refractivity contribution in [3.63, 3.8) is 0 Å². The molecule has 1 aromatic rings. The largest absolute Gasteiger partial charge is 0.497 e. The first-order chi connectivity index (χ1) is 8.72. The van der Waals surface area contributed by atoms with E-state index >= 15 is 0 Å². The Morgan fingerprint density at radius 2 is 2.33 bits per heavy atom. The first kappa shape index (κ1) is 13.1. The van der Waals surface area contributed by atoms with Gasteiger partial charge in [0.25, 0.3) is 0 Å². The van der Waals surface area contributed by atoms with E-state index in [2.05, 4.69) is 4.90 Å². The Morgan fingerprint density at radius 1 is 1.50 bits per heavy atom. The van der Waals surface area contributed by atoms with Gasteiger partial charge in [0.2, 0.25) is 0 Å². The lowest BCUT2D eigenvalue weighted by Gasteiger charge is -2.34. The van der Waals surface area contributed by atoms with Gasteiger partial charge in [-0.3, -0.25) is 4.90 Å². The second-order valence-corrected chi connectivity index (χ2v) is 4.50. The molecule has 0 amide bonds. The van der Waals surface area contributed by atoms with Gasteiger partial charge in [0.05, 0.1) is 33.0 Å². The third-order valence-electron chi connectivity index (χ3n) is 3.17. The molecule has 1 fully saturated rings. The zero-order chi connectivity index (χ0) is 13.0. The van der Waals surface area contributed by atoms with E-state index in [1.54, 1.807) is 13.2 Å². The number of aliphatic hydroxyl groups is 1. The number of morpholine rings is 1. The van der Waals surface area contributed by atoms with Crippen LogP contribution in [0.2, 0.25) is 0 Å². The third kappa shape index (κ3) is 3.13. The van der Waals surface area contributed by atoms with Gasteiger partial charge in [-0.05, 0) is 17.7 Å². The van der Waals surface area contributed by atoms with E-state index in [1.807, 2.05) is 12.1 Å². The number of hydrogen-bond acceptors (Lipinski definition) is 5. The van der Waals surface area contributed by atoms with Crippen LogP contribution in [0.3, 0.4) is 0 Å². The van der Waals surface area contributed by atoms with Gasteiger partial charge in [0.1, 0.15) is 5.75 Å². The maximum Gasteiger partial charge on any atom is 0.121 e. The molecule has 5 heteroatoms. The summed E-state index contributed by atoms with van der Waals surface area (Å²) in [6.45, 7) is 2.96. The highest BCUT2D eigenvalue weighted by molar-refractivity contribution is 5.47. The molecule has 1 heterocycles. The van der Waals surface area contributed by atoms with Crippen molar-refractivity contribution in [2.45, 2.75) is 12.6 Å². The zero-order valence-corrected chi connectivity index (χ0v) is 10.6. The molecule has 1 unspecified atom stereocenters. The normalized spacial score (nSPS) is 20.9. The van der Waals surface area contributed by atoms with Gasteiger partial charge in [-0.15, -0.1) is 0 Å². The summed E-state index contributed by atoms with van der Waals surface area (Å²) in [5.41, 5.74) is 7.62. The van der Waals surface area contributed by atoms with Crippen LogP contribution < -0.4 is 10.5 Å². The van der Waals surface area contributed by atoms with Crippen molar-refractivity contribution in [2.24, 2.45) is 0 Å². The van der Waals surface area contributed by atoms with Gasteiger partial charge in [0, 0.05) is 24.8 Å². The summed E-state index contributed by atoms with van der Waals surface area (Å²) in [7, 11) is 1.63. The minimum absolute atomic E-state index is 0.0613. The van der Waals surface area contributed by atoms with Crippen LogP contribution in [0.15, 0.2) is 18.2 Å². The van der Waals surface area contributed by atoms with Gasteiger partial charge in [0.15, 0.2) is 0 Å². The molecule has 0 aliphatic carbocycles. The maximum atomic E-state index is 9.32. The van der Waals surface area contributed by atoms with Gasteiger partial charge in [-0.25, -0.2) is 0 Å². The van der Waals surface area contributed by atoms with Crippen molar-refractivity contribution in [2.75, 3.05) is 39.2 Å². The van der Waals surface area contributed by atoms with E-state index in [1.165, 1.54) is 0 Å². The molecular weight excluding hydrogens is 232 g/mol. The summed E-state index contributed by atoms with van der Waals surface area (Å²) in [5, 5.41) is 9.32. The fraction of sp³-hybridized carbons (Fsp3) is 0.538. The quantitative estimate of drug-likeness (QED) is 0.762. The first-order valence-electron chi connectivity index (χ1n) is 6.09. The molecule has 100 valence electrons. The van der Waals surface area contributed by atoms with E-state index in [0.29, 0.717) is 18.9 Å². The fourth-order valence-corrected chi connectivity index (χ4v) is 2.20. The highest BCUT2D eigenvalue weighted by Gasteiger charge is 2.22. The average Bonchev–Trinajstić information content (AvgIpc) is 2.38. The van der Waals surface area contributed by atoms with Crippen LogP contribution in [-0.2, 0) is 11.3 Å². The number of rotatable bonds is 4. The van der Waals surface area contributed by atoms with Crippen molar-refractivity contribution in [3.05, 3.63) is 23.8 Å². The highest BCUT2D eigenvalue weighted by Crippen LogP contribution is 2.21. The monoisotopic (exact) mass is 252 g/mol. The van der Waals surface area contributed by atoms with Gasteiger partial charge in [-0.2, -0.15) is 0 Å². The molecule has 1 aromatic carbocycles. The summed E-state index contributed by atoms with van der Waals surface area (Å²) in [6, 6.07) is 5.77. The molecule has 2 rings (SSSR count). The van der Waals surface area contributed by atoms with Crippen molar-refractivity contribution in [1.82, 2.24) is 4.90 Å². The Morgan fingerprint density at radius 3 is 3.06 bits per heavy atom. The standard InChI is InChI=1S/C13H20N2O3/c1-17-13-5-10(4-11(14)6-13)7-15-2-3-18-9-12(15)8-16/h4-6,12,16H,2-3,7-9,14H2,1H3. The lowest BCUT2D eigenvalue weighted by Crippen LogP contribution is -2.46. The molecule has 3 N–H and O–H groups in total. The van der Waals surface area contributed by atoms with Crippen molar-refractivity contribution in [1.29, 1.82) is 0 Å². The van der Waals surface area contributed by atoms with Crippen molar-refractivity contribution in [3.8, 4) is 5.75 Å². The van der Waals surface area contributed by atoms with E-state index in [4.69, 9.17) is 15.2 Å². The molecule has 0 saturated carbocycles. The third-order valence-corrected chi connectivity index (χ3v) is 3.17. The molecule has 5 nitrogen and oxygen atoms in total. The topological polar surface area (TPSA) is 68.0 Å². The number of aliphatic hydroxyl groups excluding tert-OH is 1. The molecule has 0 bridgehead atoms. The molecule has 0 radical (unpaired) electrons. The number of methoxy groups -OCH3 is 1. The lowest BCUT2D eigenvalue weighted by atomic mass is 10.1. The van der Waals surface area contributed by atoms with Gasteiger partial charge < -0.3 is 20.3 Å². The SMILES string of the molecule is COc1cc(N)cc(CN2CCOCC2CO)c1. The van der Waals surface area contributed by atoms with Crippen molar-refractivity contribution >= 4 is 5.69 Å². The summed E-state index contributed by atoms with van der Waals surface area (Å²) >= 11 is 0. The highest BCUT2D eigenvalue weighted by atomic mass is 16.5. The second kappa shape index (κ2) is 6.04. The van der Waals surface area contributed by atoms with Gasteiger partial charge in [-0.1, -0.05) is 0 Å². The maximum absolute atomic E-state index is 9.32. The fourth-order valence-electron chi connectivity index (χ4n) is 2.20. The van der Waals surface area contributed by atoms with Crippen molar-refractivity contribution < 1.29 is 14.6 Å². The van der Waals surface area contributed by atoms with Gasteiger partial charge >= 0.3 is 0 Å². The minimum atomic E-state index is 0.0613. The Kier molecular flexibility index (Phi) is 4.41. The molecule has 18 heavy (non-hydrogen) atoms. The first-order valence-corrected chi connectivity index (χ1v) is 6.09. The Bertz CT molecular complexity index is 398. The molecule has 1 aliphatic heterocycles. The summed E-state index contributed by atoms with van der Waals surface area (Å²) < 4.78 is 10.6. The number of hydrogen-bond donors (Lipinski definition) is 2. The summed E-state index contributed by atoms with van der Waals surface area (Å²) in [4.78, 5) is 2.21. The molecule has 0 spiro atoms. The second-order valence-electron chi connectivity index (χ2n) is 4.50. The minimum Gasteiger partial charge on any atom is -0.497 e. The van der Waals surface area contributed by atoms with E-state index in [0.717, 1.165) is 24.4 Å². The number of benzene rings is 1. The van der Waals surface area contributed by atoms with Crippen LogP contribution in [0.4, 0.5) is 5.69 Å².